The van der Waals surface area contributed by atoms with Crippen molar-refractivity contribution >= 4 is 35.1 Å². The molecule has 0 saturated carbocycles. The van der Waals surface area contributed by atoms with Crippen LogP contribution in [0.5, 0.6) is 5.75 Å². The first-order chi connectivity index (χ1) is 16.1. The van der Waals surface area contributed by atoms with Gasteiger partial charge in [-0.05, 0) is 66.1 Å². The molecule has 3 aromatic carbocycles. The molecule has 0 radical (unpaired) electrons. The van der Waals surface area contributed by atoms with Crippen LogP contribution in [0.2, 0.25) is 10.0 Å². The molecule has 3 aromatic rings. The van der Waals surface area contributed by atoms with Crippen molar-refractivity contribution in [2.24, 2.45) is 0 Å². The molecular weight excluding hydrogens is 480 g/mol. The quantitative estimate of drug-likeness (QED) is 0.444. The molecule has 1 N–H and O–H groups in total. The van der Waals surface area contributed by atoms with Crippen LogP contribution in [0.3, 0.4) is 0 Å². The van der Waals surface area contributed by atoms with Crippen molar-refractivity contribution in [1.29, 1.82) is 0 Å². The standard InChI is InChI=1S/C26H22Cl2FNO4/c1-26(12-17-4-8-21(28)22(29)10-17)13-19-11-18(5-9-23(19)34-26)25(33)30(15-24(31)32)14-16-2-6-20(27)7-3-16/h2-11H,12-15H2,1H3,(H,31,32)/t26-/m1/s1. The van der Waals surface area contributed by atoms with E-state index in [1.54, 1.807) is 48.5 Å². The molecule has 34 heavy (non-hydrogen) atoms. The Kier molecular flexibility index (Phi) is 6.82. The monoisotopic (exact) mass is 501 g/mol. The van der Waals surface area contributed by atoms with Gasteiger partial charge in [0.25, 0.3) is 5.91 Å². The number of ether oxygens (including phenoxy) is 1. The fourth-order valence-corrected chi connectivity index (χ4v) is 4.43. The summed E-state index contributed by atoms with van der Waals surface area (Å²) in [6.45, 7) is 1.63. The maximum absolute atomic E-state index is 13.9. The first-order valence-electron chi connectivity index (χ1n) is 10.6. The maximum Gasteiger partial charge on any atom is 0.323 e. The van der Waals surface area contributed by atoms with Crippen LogP contribution in [0.25, 0.3) is 0 Å². The van der Waals surface area contributed by atoms with Crippen LogP contribution in [-0.4, -0.2) is 34.0 Å². The Balaban J connectivity index is 1.52. The van der Waals surface area contributed by atoms with Crippen molar-refractivity contribution in [1.82, 2.24) is 4.90 Å². The van der Waals surface area contributed by atoms with Gasteiger partial charge in [0.2, 0.25) is 0 Å². The van der Waals surface area contributed by atoms with Gasteiger partial charge in [-0.1, -0.05) is 41.4 Å². The van der Waals surface area contributed by atoms with Gasteiger partial charge in [0, 0.05) is 30.0 Å². The van der Waals surface area contributed by atoms with E-state index in [1.807, 2.05) is 6.92 Å². The third kappa shape index (κ3) is 5.51. The minimum atomic E-state index is -1.10. The summed E-state index contributed by atoms with van der Waals surface area (Å²) in [6.07, 6.45) is 0.977. The highest BCUT2D eigenvalue weighted by molar-refractivity contribution is 6.30. The van der Waals surface area contributed by atoms with Gasteiger partial charge in [0.15, 0.2) is 0 Å². The number of rotatable bonds is 7. The van der Waals surface area contributed by atoms with Crippen molar-refractivity contribution in [3.63, 3.8) is 0 Å². The van der Waals surface area contributed by atoms with Gasteiger partial charge in [-0.2, -0.15) is 0 Å². The maximum atomic E-state index is 13.9. The first-order valence-corrected chi connectivity index (χ1v) is 11.4. The molecule has 0 aliphatic carbocycles. The second kappa shape index (κ2) is 9.65. The van der Waals surface area contributed by atoms with Crippen LogP contribution < -0.4 is 4.74 Å². The smallest absolute Gasteiger partial charge is 0.323 e. The first kappa shape index (κ1) is 24.0. The van der Waals surface area contributed by atoms with Crippen molar-refractivity contribution < 1.29 is 23.8 Å². The number of carboxylic acid groups (broad SMARTS) is 1. The largest absolute Gasteiger partial charge is 0.487 e. The lowest BCUT2D eigenvalue weighted by Crippen LogP contribution is -2.35. The zero-order valence-corrected chi connectivity index (χ0v) is 19.9. The van der Waals surface area contributed by atoms with Gasteiger partial charge in [-0.25, -0.2) is 4.39 Å². The summed E-state index contributed by atoms with van der Waals surface area (Å²) < 4.78 is 20.0. The number of halogens is 3. The number of fused-ring (bicyclic) bond motifs is 1. The molecule has 1 aliphatic rings. The lowest BCUT2D eigenvalue weighted by atomic mass is 9.91. The van der Waals surface area contributed by atoms with Gasteiger partial charge in [-0.3, -0.25) is 9.59 Å². The Morgan fingerprint density at radius 2 is 1.76 bits per heavy atom. The predicted molar refractivity (Wildman–Crippen MR) is 128 cm³/mol. The number of benzene rings is 3. The Morgan fingerprint density at radius 1 is 1.06 bits per heavy atom. The molecule has 8 heteroatoms. The number of amides is 1. The molecule has 1 heterocycles. The minimum Gasteiger partial charge on any atom is -0.487 e. The fourth-order valence-electron chi connectivity index (χ4n) is 4.19. The zero-order valence-electron chi connectivity index (χ0n) is 18.4. The van der Waals surface area contributed by atoms with Crippen molar-refractivity contribution in [3.8, 4) is 5.75 Å². The van der Waals surface area contributed by atoms with E-state index in [1.165, 1.54) is 17.0 Å². The van der Waals surface area contributed by atoms with Gasteiger partial charge < -0.3 is 14.7 Å². The molecule has 1 aliphatic heterocycles. The van der Waals surface area contributed by atoms with Crippen LogP contribution in [0.1, 0.15) is 34.0 Å². The number of aliphatic carboxylic acids is 1. The summed E-state index contributed by atoms with van der Waals surface area (Å²) in [4.78, 5) is 25.9. The molecule has 0 fully saturated rings. The number of carbonyl (C=O) groups is 2. The highest BCUT2D eigenvalue weighted by Crippen LogP contribution is 2.38. The number of hydrogen-bond donors (Lipinski definition) is 1. The Morgan fingerprint density at radius 3 is 2.44 bits per heavy atom. The van der Waals surface area contributed by atoms with Crippen molar-refractivity contribution in [2.45, 2.75) is 31.9 Å². The van der Waals surface area contributed by atoms with E-state index >= 15 is 0 Å². The molecule has 0 aromatic heterocycles. The highest BCUT2D eigenvalue weighted by atomic mass is 35.5. The average Bonchev–Trinajstić information content (AvgIpc) is 3.11. The van der Waals surface area contributed by atoms with Gasteiger partial charge in [0.1, 0.15) is 23.7 Å². The van der Waals surface area contributed by atoms with E-state index in [0.717, 1.165) is 16.7 Å². The van der Waals surface area contributed by atoms with E-state index in [2.05, 4.69) is 0 Å². The topological polar surface area (TPSA) is 66.8 Å². The predicted octanol–water partition coefficient (Wildman–Crippen LogP) is 5.80. The van der Waals surface area contributed by atoms with Crippen LogP contribution in [0, 0.1) is 5.82 Å². The SMILES string of the molecule is C[C@@]1(Cc2ccc(Cl)c(F)c2)Cc2cc(C(=O)N(CC(=O)O)Cc3ccc(Cl)cc3)ccc2O1. The van der Waals surface area contributed by atoms with E-state index < -0.39 is 29.8 Å². The Labute approximate surface area is 206 Å². The zero-order chi connectivity index (χ0) is 24.5. The van der Waals surface area contributed by atoms with Crippen LogP contribution in [-0.2, 0) is 24.2 Å². The Hall–Kier alpha value is -3.09. The second-order valence-corrected chi connectivity index (χ2v) is 9.50. The average molecular weight is 502 g/mol. The summed E-state index contributed by atoms with van der Waals surface area (Å²) in [6, 6.07) is 16.7. The molecule has 1 amide bonds. The van der Waals surface area contributed by atoms with Crippen LogP contribution in [0.15, 0.2) is 60.7 Å². The molecule has 4 rings (SSSR count). The number of carboxylic acids is 1. The number of hydrogen-bond acceptors (Lipinski definition) is 3. The third-order valence-electron chi connectivity index (χ3n) is 5.69. The lowest BCUT2D eigenvalue weighted by molar-refractivity contribution is -0.137. The summed E-state index contributed by atoms with van der Waals surface area (Å²) >= 11 is 11.7. The van der Waals surface area contributed by atoms with Crippen molar-refractivity contribution in [3.05, 3.63) is 98.8 Å². The van der Waals surface area contributed by atoms with E-state index in [4.69, 9.17) is 27.9 Å². The van der Waals surface area contributed by atoms with Gasteiger partial charge in [-0.15, -0.1) is 0 Å². The van der Waals surface area contributed by atoms with Crippen molar-refractivity contribution in [2.75, 3.05) is 6.54 Å². The summed E-state index contributed by atoms with van der Waals surface area (Å²) in [5, 5.41) is 9.96. The van der Waals surface area contributed by atoms with E-state index in [9.17, 15) is 19.1 Å². The minimum absolute atomic E-state index is 0.0669. The normalized spacial score (nSPS) is 16.6. The van der Waals surface area contributed by atoms with Crippen LogP contribution >= 0.6 is 23.2 Å². The van der Waals surface area contributed by atoms with Gasteiger partial charge >= 0.3 is 5.97 Å². The molecule has 0 unspecified atom stereocenters. The summed E-state index contributed by atoms with van der Waals surface area (Å²) in [5.74, 6) is -1.33. The molecular formula is C26H22Cl2FNO4. The molecule has 0 saturated heterocycles. The lowest BCUT2D eigenvalue weighted by Gasteiger charge is -2.24. The van der Waals surface area contributed by atoms with Crippen LogP contribution in [0.4, 0.5) is 4.39 Å². The van der Waals surface area contributed by atoms with E-state index in [0.29, 0.717) is 29.2 Å². The fraction of sp³-hybridized carbons (Fsp3) is 0.231. The number of carbonyl (C=O) groups excluding carboxylic acids is 1. The molecule has 176 valence electrons. The van der Waals surface area contributed by atoms with E-state index in [-0.39, 0.29) is 11.6 Å². The van der Waals surface area contributed by atoms with Gasteiger partial charge in [0.05, 0.1) is 5.02 Å². The molecule has 5 nitrogen and oxygen atoms in total. The molecule has 0 spiro atoms. The molecule has 0 bridgehead atoms. The third-order valence-corrected chi connectivity index (χ3v) is 6.25. The molecule has 1 atom stereocenters. The number of nitrogens with zero attached hydrogens (tertiary/aromatic N) is 1. The highest BCUT2D eigenvalue weighted by Gasteiger charge is 2.36. The second-order valence-electron chi connectivity index (χ2n) is 8.66. The summed E-state index contributed by atoms with van der Waals surface area (Å²) in [5.41, 5.74) is 2.12. The summed E-state index contributed by atoms with van der Waals surface area (Å²) in [7, 11) is 0. The Bertz CT molecular complexity index is 1250.